The third-order valence-corrected chi connectivity index (χ3v) is 4.66. The summed E-state index contributed by atoms with van der Waals surface area (Å²) >= 11 is 3.42. The van der Waals surface area contributed by atoms with Gasteiger partial charge in [0.05, 0.1) is 19.8 Å². The maximum absolute atomic E-state index is 12.7. The molecule has 1 aromatic rings. The van der Waals surface area contributed by atoms with E-state index in [1.165, 1.54) is 0 Å². The van der Waals surface area contributed by atoms with Crippen LogP contribution in [0.1, 0.15) is 29.6 Å². The van der Waals surface area contributed by atoms with Crippen molar-refractivity contribution < 1.29 is 14.3 Å². The van der Waals surface area contributed by atoms with E-state index in [0.29, 0.717) is 28.1 Å². The molecule has 19 heavy (non-hydrogen) atoms. The van der Waals surface area contributed by atoms with Gasteiger partial charge in [-0.1, -0.05) is 6.42 Å². The van der Waals surface area contributed by atoms with Crippen LogP contribution in [0.3, 0.4) is 0 Å². The molecule has 1 aromatic carbocycles. The molecule has 4 nitrogen and oxygen atoms in total. The zero-order valence-electron chi connectivity index (χ0n) is 11.2. The minimum atomic E-state index is -0.401. The highest BCUT2D eigenvalue weighted by molar-refractivity contribution is 9.10. The van der Waals surface area contributed by atoms with Crippen molar-refractivity contribution in [2.75, 3.05) is 20.8 Å². The Bertz CT molecular complexity index is 492. The fourth-order valence-electron chi connectivity index (χ4n) is 2.49. The molecular formula is C14H18BrNO3. The zero-order valence-corrected chi connectivity index (χ0v) is 12.7. The molecule has 0 aromatic heterocycles. The molecule has 0 radical (unpaired) electrons. The highest BCUT2D eigenvalue weighted by Gasteiger charge is 2.44. The van der Waals surface area contributed by atoms with Crippen LogP contribution in [0.2, 0.25) is 0 Å². The van der Waals surface area contributed by atoms with Gasteiger partial charge in [0, 0.05) is 12.0 Å². The smallest absolute Gasteiger partial charge is 0.174 e. The van der Waals surface area contributed by atoms with Crippen molar-refractivity contribution in [1.82, 2.24) is 0 Å². The van der Waals surface area contributed by atoms with E-state index >= 15 is 0 Å². The molecular weight excluding hydrogens is 310 g/mol. The number of methoxy groups -OCH3 is 2. The summed E-state index contributed by atoms with van der Waals surface area (Å²) in [6.07, 6.45) is 2.77. The van der Waals surface area contributed by atoms with Crippen molar-refractivity contribution in [1.29, 1.82) is 0 Å². The molecule has 1 aliphatic carbocycles. The number of halogens is 1. The quantitative estimate of drug-likeness (QED) is 0.845. The first-order chi connectivity index (χ1) is 9.09. The fourth-order valence-corrected chi connectivity index (χ4v) is 3.16. The lowest BCUT2D eigenvalue weighted by Crippen LogP contribution is -2.44. The number of benzene rings is 1. The Balaban J connectivity index is 2.45. The fraction of sp³-hybridized carbons (Fsp3) is 0.500. The average Bonchev–Trinajstić information content (AvgIpc) is 2.37. The van der Waals surface area contributed by atoms with E-state index in [-0.39, 0.29) is 5.78 Å². The van der Waals surface area contributed by atoms with Crippen LogP contribution in [0, 0.1) is 5.41 Å². The summed E-state index contributed by atoms with van der Waals surface area (Å²) in [6.45, 7) is 0.388. The van der Waals surface area contributed by atoms with Gasteiger partial charge in [0.25, 0.3) is 0 Å². The standard InChI is InChI=1S/C14H18BrNO3/c1-18-10-5-4-9(12(19-2)11(10)15)13(17)14(8-16)6-3-7-14/h4-5H,3,6-8,16H2,1-2H3. The summed E-state index contributed by atoms with van der Waals surface area (Å²) < 4.78 is 11.2. The predicted octanol–water partition coefficient (Wildman–Crippen LogP) is 2.78. The van der Waals surface area contributed by atoms with Crippen LogP contribution in [-0.4, -0.2) is 26.5 Å². The van der Waals surface area contributed by atoms with Crippen LogP contribution in [-0.2, 0) is 0 Å². The number of ketones is 1. The lowest BCUT2D eigenvalue weighted by Gasteiger charge is -2.39. The lowest BCUT2D eigenvalue weighted by molar-refractivity contribution is 0.0632. The molecule has 0 bridgehead atoms. The van der Waals surface area contributed by atoms with E-state index in [4.69, 9.17) is 15.2 Å². The number of carbonyl (C=O) groups is 1. The molecule has 1 saturated carbocycles. The second kappa shape index (κ2) is 5.51. The molecule has 1 fully saturated rings. The number of rotatable bonds is 5. The molecule has 2 N–H and O–H groups in total. The minimum Gasteiger partial charge on any atom is -0.495 e. The van der Waals surface area contributed by atoms with Gasteiger partial charge in [-0.25, -0.2) is 0 Å². The summed E-state index contributed by atoms with van der Waals surface area (Å²) in [5, 5.41) is 0. The minimum absolute atomic E-state index is 0.0708. The van der Waals surface area contributed by atoms with Crippen molar-refractivity contribution >= 4 is 21.7 Å². The lowest BCUT2D eigenvalue weighted by atomic mass is 9.64. The maximum Gasteiger partial charge on any atom is 0.174 e. The number of Topliss-reactive ketones (excluding diaryl/α,β-unsaturated/α-hetero) is 1. The summed E-state index contributed by atoms with van der Waals surface area (Å²) in [6, 6.07) is 3.52. The second-order valence-corrected chi connectivity index (χ2v) is 5.62. The molecule has 0 atom stereocenters. The molecule has 5 heteroatoms. The Hall–Kier alpha value is -1.07. The van der Waals surface area contributed by atoms with Gasteiger partial charge in [-0.15, -0.1) is 0 Å². The summed E-state index contributed by atoms with van der Waals surface area (Å²) in [5.74, 6) is 1.23. The van der Waals surface area contributed by atoms with Crippen LogP contribution >= 0.6 is 15.9 Å². The first-order valence-electron chi connectivity index (χ1n) is 6.25. The third-order valence-electron chi connectivity index (χ3n) is 3.91. The molecule has 0 saturated heterocycles. The molecule has 2 rings (SSSR count). The Morgan fingerprint density at radius 1 is 1.37 bits per heavy atom. The Kier molecular flexibility index (Phi) is 4.16. The van der Waals surface area contributed by atoms with E-state index in [2.05, 4.69) is 15.9 Å². The summed E-state index contributed by atoms with van der Waals surface area (Å²) in [5.41, 5.74) is 5.96. The number of hydrogen-bond acceptors (Lipinski definition) is 4. The van der Waals surface area contributed by atoms with E-state index in [0.717, 1.165) is 19.3 Å². The Morgan fingerprint density at radius 3 is 2.47 bits per heavy atom. The Morgan fingerprint density at radius 2 is 2.05 bits per heavy atom. The van der Waals surface area contributed by atoms with E-state index in [9.17, 15) is 4.79 Å². The zero-order chi connectivity index (χ0) is 14.0. The van der Waals surface area contributed by atoms with Crippen molar-refractivity contribution in [3.05, 3.63) is 22.2 Å². The van der Waals surface area contributed by atoms with Crippen LogP contribution in [0.5, 0.6) is 11.5 Å². The van der Waals surface area contributed by atoms with Gasteiger partial charge in [0.1, 0.15) is 16.0 Å². The van der Waals surface area contributed by atoms with Gasteiger partial charge in [0.15, 0.2) is 5.78 Å². The van der Waals surface area contributed by atoms with Crippen LogP contribution in [0.4, 0.5) is 0 Å². The largest absolute Gasteiger partial charge is 0.495 e. The molecule has 104 valence electrons. The predicted molar refractivity (Wildman–Crippen MR) is 76.9 cm³/mol. The highest BCUT2D eigenvalue weighted by atomic mass is 79.9. The van der Waals surface area contributed by atoms with E-state index < -0.39 is 5.41 Å². The molecule has 0 heterocycles. The van der Waals surface area contributed by atoms with Gasteiger partial charge in [-0.05, 0) is 40.9 Å². The summed E-state index contributed by atoms with van der Waals surface area (Å²) in [4.78, 5) is 12.7. The average molecular weight is 328 g/mol. The normalized spacial score (nSPS) is 16.6. The van der Waals surface area contributed by atoms with Crippen molar-refractivity contribution in [2.45, 2.75) is 19.3 Å². The van der Waals surface area contributed by atoms with Gasteiger partial charge < -0.3 is 15.2 Å². The van der Waals surface area contributed by atoms with Crippen molar-refractivity contribution in [3.8, 4) is 11.5 Å². The first-order valence-corrected chi connectivity index (χ1v) is 7.04. The molecule has 1 aliphatic rings. The first kappa shape index (κ1) is 14.3. The van der Waals surface area contributed by atoms with Crippen LogP contribution in [0.25, 0.3) is 0 Å². The van der Waals surface area contributed by atoms with Crippen molar-refractivity contribution in [2.24, 2.45) is 11.1 Å². The van der Waals surface area contributed by atoms with Gasteiger partial charge in [-0.2, -0.15) is 0 Å². The van der Waals surface area contributed by atoms with Gasteiger partial charge in [0.2, 0.25) is 0 Å². The molecule has 0 amide bonds. The molecule has 0 spiro atoms. The highest BCUT2D eigenvalue weighted by Crippen LogP contribution is 2.46. The van der Waals surface area contributed by atoms with Gasteiger partial charge >= 0.3 is 0 Å². The SMILES string of the molecule is COc1ccc(C(=O)C2(CN)CCC2)c(OC)c1Br. The van der Waals surface area contributed by atoms with Gasteiger partial charge in [-0.3, -0.25) is 4.79 Å². The Labute approximate surface area is 121 Å². The van der Waals surface area contributed by atoms with Crippen LogP contribution in [0.15, 0.2) is 16.6 Å². The molecule has 0 unspecified atom stereocenters. The number of hydrogen-bond donors (Lipinski definition) is 1. The number of ether oxygens (including phenoxy) is 2. The summed E-state index contributed by atoms with van der Waals surface area (Å²) in [7, 11) is 3.13. The third kappa shape index (κ3) is 2.25. The maximum atomic E-state index is 12.7. The van der Waals surface area contributed by atoms with Crippen LogP contribution < -0.4 is 15.2 Å². The number of carbonyl (C=O) groups excluding carboxylic acids is 1. The van der Waals surface area contributed by atoms with E-state index in [1.807, 2.05) is 0 Å². The second-order valence-electron chi connectivity index (χ2n) is 4.83. The topological polar surface area (TPSA) is 61.5 Å². The van der Waals surface area contributed by atoms with Crippen molar-refractivity contribution in [3.63, 3.8) is 0 Å². The number of nitrogens with two attached hydrogens (primary N) is 1. The molecule has 0 aliphatic heterocycles. The monoisotopic (exact) mass is 327 g/mol. The van der Waals surface area contributed by atoms with E-state index in [1.54, 1.807) is 26.4 Å².